The number of nitrogens with zero attached hydrogens (tertiary/aromatic N) is 1. The van der Waals surface area contributed by atoms with Crippen LogP contribution in [0, 0.1) is 0 Å². The first-order valence-corrected chi connectivity index (χ1v) is 11.3. The summed E-state index contributed by atoms with van der Waals surface area (Å²) in [6.07, 6.45) is 1.88. The number of benzene rings is 2. The topological polar surface area (TPSA) is 160 Å². The number of guanidine groups is 1. The molecular formula is C25H33N5O4. The van der Waals surface area contributed by atoms with Gasteiger partial charge < -0.3 is 27.2 Å². The molecule has 34 heavy (non-hydrogen) atoms. The molecule has 0 fully saturated rings. The molecule has 0 heterocycles. The van der Waals surface area contributed by atoms with Crippen LogP contribution in [0.4, 0.5) is 0 Å². The zero-order valence-corrected chi connectivity index (χ0v) is 19.2. The Hall–Kier alpha value is -3.88. The van der Waals surface area contributed by atoms with Crippen LogP contribution in [0.5, 0.6) is 0 Å². The number of aliphatic carboxylic acids is 1. The number of carboxylic acid groups (broad SMARTS) is 1. The van der Waals surface area contributed by atoms with Crippen LogP contribution in [-0.4, -0.2) is 48.0 Å². The molecule has 2 rings (SSSR count). The molecule has 0 aliphatic rings. The number of rotatable bonds is 14. The monoisotopic (exact) mass is 467 g/mol. The fraction of sp³-hybridized carbons (Fsp3) is 0.360. The maximum atomic E-state index is 12.8. The van der Waals surface area contributed by atoms with Crippen molar-refractivity contribution in [3.8, 4) is 11.1 Å². The Morgan fingerprint density at radius 1 is 0.882 bits per heavy atom. The fourth-order valence-corrected chi connectivity index (χ4v) is 3.36. The molecule has 7 N–H and O–H groups in total. The van der Waals surface area contributed by atoms with E-state index < -0.39 is 12.0 Å². The summed E-state index contributed by atoms with van der Waals surface area (Å²) < 4.78 is 0. The maximum absolute atomic E-state index is 12.8. The van der Waals surface area contributed by atoms with Gasteiger partial charge in [0.15, 0.2) is 5.96 Å². The number of nitrogens with two attached hydrogens (primary N) is 2. The van der Waals surface area contributed by atoms with E-state index in [0.717, 1.165) is 16.7 Å². The molecule has 0 radical (unpaired) electrons. The first kappa shape index (κ1) is 26.4. The SMILES string of the molecule is NC(N)=NCCCCNC(=O)C(Cc1ccc(-c2ccccc2)cc1)NC(=O)CCCC(=O)O. The molecule has 2 amide bonds. The molecule has 9 heteroatoms. The van der Waals surface area contributed by atoms with E-state index in [4.69, 9.17) is 16.6 Å². The summed E-state index contributed by atoms with van der Waals surface area (Å²) in [4.78, 5) is 39.7. The highest BCUT2D eigenvalue weighted by Gasteiger charge is 2.21. The lowest BCUT2D eigenvalue weighted by atomic mass is 10.00. The number of carbonyl (C=O) groups excluding carboxylic acids is 2. The van der Waals surface area contributed by atoms with Crippen molar-refractivity contribution in [3.63, 3.8) is 0 Å². The Kier molecular flexibility index (Phi) is 11.1. The van der Waals surface area contributed by atoms with Gasteiger partial charge in [-0.2, -0.15) is 0 Å². The lowest BCUT2D eigenvalue weighted by molar-refractivity contribution is -0.137. The molecule has 0 bridgehead atoms. The minimum absolute atomic E-state index is 0.0352. The van der Waals surface area contributed by atoms with Gasteiger partial charge in [0, 0.05) is 32.4 Å². The van der Waals surface area contributed by atoms with E-state index in [1.54, 1.807) is 0 Å². The zero-order chi connectivity index (χ0) is 24.8. The molecule has 0 saturated heterocycles. The third-order valence-electron chi connectivity index (χ3n) is 5.13. The van der Waals surface area contributed by atoms with Crippen molar-refractivity contribution in [1.82, 2.24) is 10.6 Å². The summed E-state index contributed by atoms with van der Waals surface area (Å²) in [6.45, 7) is 0.910. The number of amides is 2. The van der Waals surface area contributed by atoms with Crippen LogP contribution in [0.2, 0.25) is 0 Å². The number of unbranched alkanes of at least 4 members (excludes halogenated alkanes) is 1. The van der Waals surface area contributed by atoms with Crippen molar-refractivity contribution in [2.45, 2.75) is 44.6 Å². The number of aliphatic imine (C=N–C) groups is 1. The Labute approximate surface area is 199 Å². The third kappa shape index (κ3) is 10.2. The Morgan fingerprint density at radius 2 is 1.56 bits per heavy atom. The highest BCUT2D eigenvalue weighted by Crippen LogP contribution is 2.19. The van der Waals surface area contributed by atoms with Crippen LogP contribution in [0.15, 0.2) is 59.6 Å². The van der Waals surface area contributed by atoms with E-state index in [9.17, 15) is 14.4 Å². The molecule has 0 spiro atoms. The summed E-state index contributed by atoms with van der Waals surface area (Å²) in [7, 11) is 0. The predicted octanol–water partition coefficient (Wildman–Crippen LogP) is 1.81. The average Bonchev–Trinajstić information content (AvgIpc) is 2.81. The van der Waals surface area contributed by atoms with Crippen molar-refractivity contribution in [2.75, 3.05) is 13.1 Å². The van der Waals surface area contributed by atoms with Crippen molar-refractivity contribution in [3.05, 3.63) is 60.2 Å². The Bertz CT molecular complexity index is 957. The van der Waals surface area contributed by atoms with Gasteiger partial charge in [0.05, 0.1) is 0 Å². The van der Waals surface area contributed by atoms with Gasteiger partial charge in [0.2, 0.25) is 11.8 Å². The highest BCUT2D eigenvalue weighted by atomic mass is 16.4. The number of hydrogen-bond acceptors (Lipinski definition) is 4. The number of nitrogens with one attached hydrogen (secondary N) is 2. The van der Waals surface area contributed by atoms with E-state index >= 15 is 0 Å². The van der Waals surface area contributed by atoms with Gasteiger partial charge in [-0.15, -0.1) is 0 Å². The molecule has 0 saturated carbocycles. The second-order valence-corrected chi connectivity index (χ2v) is 7.94. The van der Waals surface area contributed by atoms with Crippen LogP contribution in [0.3, 0.4) is 0 Å². The van der Waals surface area contributed by atoms with Crippen LogP contribution in [0.25, 0.3) is 11.1 Å². The Morgan fingerprint density at radius 3 is 2.21 bits per heavy atom. The second kappa shape index (κ2) is 14.3. The van der Waals surface area contributed by atoms with Gasteiger partial charge in [-0.05, 0) is 36.0 Å². The molecule has 2 aromatic rings. The standard InChI is InChI=1S/C25H33N5O4/c26-25(27)29-16-5-4-15-28-24(34)21(30-22(31)9-6-10-23(32)33)17-18-11-13-20(14-12-18)19-7-2-1-3-8-19/h1-3,7-8,11-14,21H,4-6,9-10,15-17H2,(H,28,34)(H,30,31)(H,32,33)(H4,26,27,29). The predicted molar refractivity (Wildman–Crippen MR) is 132 cm³/mol. The maximum Gasteiger partial charge on any atom is 0.303 e. The van der Waals surface area contributed by atoms with Crippen molar-refractivity contribution >= 4 is 23.7 Å². The lowest BCUT2D eigenvalue weighted by Crippen LogP contribution is -2.48. The largest absolute Gasteiger partial charge is 0.481 e. The average molecular weight is 468 g/mol. The van der Waals surface area contributed by atoms with E-state index in [0.29, 0.717) is 32.4 Å². The second-order valence-electron chi connectivity index (χ2n) is 7.94. The van der Waals surface area contributed by atoms with E-state index in [2.05, 4.69) is 15.6 Å². The van der Waals surface area contributed by atoms with Gasteiger partial charge in [-0.3, -0.25) is 19.4 Å². The summed E-state index contributed by atoms with van der Waals surface area (Å²) >= 11 is 0. The van der Waals surface area contributed by atoms with Gasteiger partial charge in [-0.1, -0.05) is 54.6 Å². The summed E-state index contributed by atoms with van der Waals surface area (Å²) in [5.41, 5.74) is 13.6. The van der Waals surface area contributed by atoms with Crippen molar-refractivity contribution in [1.29, 1.82) is 0 Å². The van der Waals surface area contributed by atoms with Gasteiger partial charge in [0.25, 0.3) is 0 Å². The van der Waals surface area contributed by atoms with Crippen molar-refractivity contribution < 1.29 is 19.5 Å². The third-order valence-corrected chi connectivity index (χ3v) is 5.13. The minimum atomic E-state index is -0.957. The highest BCUT2D eigenvalue weighted by molar-refractivity contribution is 5.88. The number of carbonyl (C=O) groups is 3. The quantitative estimate of drug-likeness (QED) is 0.162. The molecule has 0 aliphatic heterocycles. The minimum Gasteiger partial charge on any atom is -0.481 e. The number of hydrogen-bond donors (Lipinski definition) is 5. The van der Waals surface area contributed by atoms with Crippen LogP contribution in [-0.2, 0) is 20.8 Å². The molecular weight excluding hydrogens is 434 g/mol. The summed E-state index contributed by atoms with van der Waals surface area (Å²) in [6, 6.07) is 17.0. The zero-order valence-electron chi connectivity index (χ0n) is 19.2. The molecule has 182 valence electrons. The van der Waals surface area contributed by atoms with Crippen molar-refractivity contribution in [2.24, 2.45) is 16.5 Å². The number of carboxylic acids is 1. The molecule has 9 nitrogen and oxygen atoms in total. The summed E-state index contributed by atoms with van der Waals surface area (Å²) in [5.74, 6) is -1.56. The smallest absolute Gasteiger partial charge is 0.303 e. The molecule has 0 aliphatic carbocycles. The first-order chi connectivity index (χ1) is 16.3. The molecule has 0 aromatic heterocycles. The normalized spacial score (nSPS) is 11.3. The van der Waals surface area contributed by atoms with Crippen LogP contribution >= 0.6 is 0 Å². The van der Waals surface area contributed by atoms with Gasteiger partial charge in [-0.25, -0.2) is 0 Å². The fourth-order valence-electron chi connectivity index (χ4n) is 3.36. The van der Waals surface area contributed by atoms with E-state index in [-0.39, 0.29) is 37.0 Å². The van der Waals surface area contributed by atoms with Gasteiger partial charge >= 0.3 is 5.97 Å². The van der Waals surface area contributed by atoms with Crippen LogP contribution < -0.4 is 22.1 Å². The molecule has 2 aromatic carbocycles. The Balaban J connectivity index is 1.98. The van der Waals surface area contributed by atoms with Crippen LogP contribution in [0.1, 0.15) is 37.7 Å². The van der Waals surface area contributed by atoms with E-state index in [1.165, 1.54) is 0 Å². The first-order valence-electron chi connectivity index (χ1n) is 11.3. The van der Waals surface area contributed by atoms with Gasteiger partial charge in [0.1, 0.15) is 6.04 Å². The van der Waals surface area contributed by atoms with E-state index in [1.807, 2.05) is 54.6 Å². The molecule has 1 atom stereocenters. The lowest BCUT2D eigenvalue weighted by Gasteiger charge is -2.19. The summed E-state index contributed by atoms with van der Waals surface area (Å²) in [5, 5.41) is 14.4. The molecule has 1 unspecified atom stereocenters.